The van der Waals surface area contributed by atoms with Crippen molar-refractivity contribution >= 4 is 11.8 Å². The Labute approximate surface area is 100 Å². The third-order valence-corrected chi connectivity index (χ3v) is 4.08. The monoisotopic (exact) mass is 239 g/mol. The molecule has 1 fully saturated rings. The maximum Gasteiger partial charge on any atom is 0.132 e. The number of thioether (sulfide) groups is 1. The molecule has 0 amide bonds. The van der Waals surface area contributed by atoms with Crippen molar-refractivity contribution in [2.24, 2.45) is 5.73 Å². The van der Waals surface area contributed by atoms with E-state index >= 15 is 0 Å². The molecule has 1 aliphatic heterocycles. The summed E-state index contributed by atoms with van der Waals surface area (Å²) in [5.74, 6) is 0.908. The molecule has 0 bridgehead atoms. The van der Waals surface area contributed by atoms with Crippen LogP contribution in [0.25, 0.3) is 0 Å². The van der Waals surface area contributed by atoms with E-state index in [0.29, 0.717) is 5.25 Å². The second-order valence-electron chi connectivity index (χ2n) is 3.83. The average Bonchev–Trinajstić information content (AvgIpc) is 2.33. The molecule has 0 aromatic heterocycles. The molecule has 1 aromatic rings. The van der Waals surface area contributed by atoms with E-state index in [9.17, 15) is 0 Å². The number of ether oxygens (including phenoxy) is 2. The van der Waals surface area contributed by atoms with Crippen LogP contribution >= 0.6 is 11.8 Å². The number of para-hydroxylation sites is 1. The van der Waals surface area contributed by atoms with Crippen molar-refractivity contribution in [3.05, 3.63) is 24.3 Å². The van der Waals surface area contributed by atoms with Gasteiger partial charge in [-0.05, 0) is 18.6 Å². The number of rotatable bonds is 3. The first-order valence-electron chi connectivity index (χ1n) is 5.44. The lowest BCUT2D eigenvalue weighted by Gasteiger charge is -2.28. The Morgan fingerprint density at radius 2 is 2.25 bits per heavy atom. The van der Waals surface area contributed by atoms with E-state index in [4.69, 9.17) is 15.2 Å². The Bertz CT molecular complexity index is 346. The first-order valence-corrected chi connectivity index (χ1v) is 6.32. The van der Waals surface area contributed by atoms with Crippen LogP contribution in [0.1, 0.15) is 6.42 Å². The first kappa shape index (κ1) is 11.8. The number of methoxy groups -OCH3 is 1. The highest BCUT2D eigenvalue weighted by Crippen LogP contribution is 2.34. The molecule has 1 aromatic carbocycles. The van der Waals surface area contributed by atoms with Gasteiger partial charge in [0.05, 0.1) is 13.7 Å². The summed E-state index contributed by atoms with van der Waals surface area (Å²) in [6, 6.07) is 8.23. The van der Waals surface area contributed by atoms with Crippen LogP contribution in [0.15, 0.2) is 29.2 Å². The molecule has 0 radical (unpaired) electrons. The summed E-state index contributed by atoms with van der Waals surface area (Å²) in [6.45, 7) is 1.51. The van der Waals surface area contributed by atoms with Gasteiger partial charge in [0, 0.05) is 22.8 Å². The zero-order valence-electron chi connectivity index (χ0n) is 9.39. The summed E-state index contributed by atoms with van der Waals surface area (Å²) in [6.07, 6.45) is 0.937. The largest absolute Gasteiger partial charge is 0.496 e. The summed E-state index contributed by atoms with van der Waals surface area (Å²) in [5.41, 5.74) is 6.08. The predicted molar refractivity (Wildman–Crippen MR) is 66.1 cm³/mol. The summed E-state index contributed by atoms with van der Waals surface area (Å²) in [5, 5.41) is 0.324. The summed E-state index contributed by atoms with van der Waals surface area (Å²) in [4.78, 5) is 1.14. The fourth-order valence-electron chi connectivity index (χ4n) is 1.73. The van der Waals surface area contributed by atoms with Gasteiger partial charge in [0.25, 0.3) is 0 Å². The van der Waals surface area contributed by atoms with E-state index in [2.05, 4.69) is 6.07 Å². The smallest absolute Gasteiger partial charge is 0.132 e. The van der Waals surface area contributed by atoms with Gasteiger partial charge in [-0.3, -0.25) is 0 Å². The highest BCUT2D eigenvalue weighted by Gasteiger charge is 2.24. The van der Waals surface area contributed by atoms with Crippen molar-refractivity contribution < 1.29 is 9.47 Å². The van der Waals surface area contributed by atoms with Crippen LogP contribution in [0.5, 0.6) is 5.75 Å². The predicted octanol–water partition coefficient (Wildman–Crippen LogP) is 1.90. The lowest BCUT2D eigenvalue weighted by molar-refractivity contribution is 0.0916. The molecule has 4 heteroatoms. The third kappa shape index (κ3) is 2.70. The Balaban J connectivity index is 2.07. The molecule has 2 unspecified atom stereocenters. The van der Waals surface area contributed by atoms with Crippen LogP contribution in [0, 0.1) is 0 Å². The van der Waals surface area contributed by atoms with Gasteiger partial charge in [0.15, 0.2) is 0 Å². The van der Waals surface area contributed by atoms with Gasteiger partial charge < -0.3 is 15.2 Å². The van der Waals surface area contributed by atoms with E-state index in [-0.39, 0.29) is 6.04 Å². The van der Waals surface area contributed by atoms with Crippen LogP contribution in [-0.2, 0) is 4.74 Å². The highest BCUT2D eigenvalue weighted by atomic mass is 32.2. The molecule has 0 saturated carbocycles. The fraction of sp³-hybridized carbons (Fsp3) is 0.500. The van der Waals surface area contributed by atoms with Crippen LogP contribution in [0.4, 0.5) is 0 Å². The molecular weight excluding hydrogens is 222 g/mol. The molecule has 16 heavy (non-hydrogen) atoms. The van der Waals surface area contributed by atoms with Gasteiger partial charge in [0.1, 0.15) is 5.75 Å². The maximum atomic E-state index is 6.08. The van der Waals surface area contributed by atoms with Crippen LogP contribution in [0.3, 0.4) is 0 Å². The Kier molecular flexibility index (Phi) is 4.09. The van der Waals surface area contributed by atoms with Crippen molar-refractivity contribution in [1.29, 1.82) is 0 Å². The third-order valence-electron chi connectivity index (χ3n) is 2.70. The van der Waals surface area contributed by atoms with Crippen LogP contribution in [0.2, 0.25) is 0 Å². The molecule has 0 aliphatic carbocycles. The molecule has 3 nitrogen and oxygen atoms in total. The lowest BCUT2D eigenvalue weighted by Crippen LogP contribution is -2.40. The van der Waals surface area contributed by atoms with E-state index in [1.807, 2.05) is 18.2 Å². The molecule has 2 rings (SSSR count). The Morgan fingerprint density at radius 3 is 3.00 bits per heavy atom. The molecule has 88 valence electrons. The first-order chi connectivity index (χ1) is 7.81. The van der Waals surface area contributed by atoms with E-state index in [1.165, 1.54) is 0 Å². The normalized spacial score (nSPS) is 25.4. The van der Waals surface area contributed by atoms with Gasteiger partial charge in [-0.1, -0.05) is 12.1 Å². The fourth-order valence-corrected chi connectivity index (χ4v) is 2.96. The van der Waals surface area contributed by atoms with Gasteiger partial charge >= 0.3 is 0 Å². The van der Waals surface area contributed by atoms with Crippen molar-refractivity contribution in [3.63, 3.8) is 0 Å². The van der Waals surface area contributed by atoms with Crippen molar-refractivity contribution in [1.82, 2.24) is 0 Å². The molecule has 2 atom stereocenters. The topological polar surface area (TPSA) is 44.5 Å². The molecule has 2 N–H and O–H groups in total. The maximum absolute atomic E-state index is 6.08. The zero-order chi connectivity index (χ0) is 11.4. The minimum atomic E-state index is 0.212. The number of benzene rings is 1. The van der Waals surface area contributed by atoms with E-state index < -0.39 is 0 Å². The molecular formula is C12H17NO2S. The van der Waals surface area contributed by atoms with Crippen molar-refractivity contribution in [3.8, 4) is 5.75 Å². The molecule has 1 aliphatic rings. The SMILES string of the molecule is COc1ccccc1SC1COCCC1N. The van der Waals surface area contributed by atoms with Gasteiger partial charge in [-0.2, -0.15) is 0 Å². The second kappa shape index (κ2) is 5.57. The lowest BCUT2D eigenvalue weighted by atomic mass is 10.1. The second-order valence-corrected chi connectivity index (χ2v) is 5.12. The average molecular weight is 239 g/mol. The van der Waals surface area contributed by atoms with Gasteiger partial charge in [0.2, 0.25) is 0 Å². The number of hydrogen-bond acceptors (Lipinski definition) is 4. The summed E-state index contributed by atoms with van der Waals surface area (Å²) < 4.78 is 10.8. The van der Waals surface area contributed by atoms with Gasteiger partial charge in [-0.15, -0.1) is 11.8 Å². The Morgan fingerprint density at radius 1 is 1.44 bits per heavy atom. The number of hydrogen-bond donors (Lipinski definition) is 1. The zero-order valence-corrected chi connectivity index (χ0v) is 10.2. The van der Waals surface area contributed by atoms with Gasteiger partial charge in [-0.25, -0.2) is 0 Å². The Hall–Kier alpha value is -0.710. The van der Waals surface area contributed by atoms with E-state index in [0.717, 1.165) is 30.3 Å². The van der Waals surface area contributed by atoms with Crippen LogP contribution in [-0.4, -0.2) is 31.6 Å². The van der Waals surface area contributed by atoms with E-state index in [1.54, 1.807) is 18.9 Å². The summed E-state index contributed by atoms with van der Waals surface area (Å²) in [7, 11) is 1.69. The van der Waals surface area contributed by atoms with Crippen molar-refractivity contribution in [2.75, 3.05) is 20.3 Å². The van der Waals surface area contributed by atoms with Crippen LogP contribution < -0.4 is 10.5 Å². The summed E-state index contributed by atoms with van der Waals surface area (Å²) >= 11 is 1.75. The van der Waals surface area contributed by atoms with Crippen molar-refractivity contribution in [2.45, 2.75) is 22.6 Å². The molecule has 1 saturated heterocycles. The molecule has 1 heterocycles. The standard InChI is InChI=1S/C12H17NO2S/c1-14-10-4-2-3-5-11(10)16-12-8-15-7-6-9(12)13/h2-5,9,12H,6-8,13H2,1H3. The molecule has 0 spiro atoms. The minimum Gasteiger partial charge on any atom is -0.496 e. The quantitative estimate of drug-likeness (QED) is 0.875. The minimum absolute atomic E-state index is 0.212. The highest BCUT2D eigenvalue weighted by molar-refractivity contribution is 8.00. The number of nitrogens with two attached hydrogens (primary N) is 1.